The van der Waals surface area contributed by atoms with Gasteiger partial charge in [-0.1, -0.05) is 30.3 Å². The second-order valence-electron chi connectivity index (χ2n) is 6.30. The number of nitrogens with one attached hydrogen (secondary N) is 1. The number of hydrogen-bond acceptors (Lipinski definition) is 4. The van der Waals surface area contributed by atoms with E-state index in [-0.39, 0.29) is 24.0 Å². The van der Waals surface area contributed by atoms with Crippen molar-refractivity contribution >= 4 is 17.5 Å². The van der Waals surface area contributed by atoms with Gasteiger partial charge in [0, 0.05) is 13.2 Å². The summed E-state index contributed by atoms with van der Waals surface area (Å²) in [6, 6.07) is 18.0. The Bertz CT molecular complexity index is 995. The van der Waals surface area contributed by atoms with Gasteiger partial charge in [-0.15, -0.1) is 0 Å². The minimum absolute atomic E-state index is 0.0700. The van der Waals surface area contributed by atoms with Crippen molar-refractivity contribution in [1.82, 2.24) is 9.88 Å². The normalized spacial score (nSPS) is 10.3. The van der Waals surface area contributed by atoms with E-state index >= 15 is 0 Å². The highest BCUT2D eigenvalue weighted by atomic mass is 19.1. The van der Waals surface area contributed by atoms with Gasteiger partial charge in [0.1, 0.15) is 11.6 Å². The molecule has 148 valence electrons. The minimum Gasteiger partial charge on any atom is -0.483 e. The number of anilines is 1. The Kier molecular flexibility index (Phi) is 6.52. The van der Waals surface area contributed by atoms with Crippen LogP contribution in [0.3, 0.4) is 0 Å². The number of carbonyl (C=O) groups excluding carboxylic acids is 2. The van der Waals surface area contributed by atoms with Crippen LogP contribution in [0.4, 0.5) is 10.1 Å². The molecule has 1 aromatic heterocycles. The predicted octanol–water partition coefficient (Wildman–Crippen LogP) is 3.51. The molecule has 0 spiro atoms. The quantitative estimate of drug-likeness (QED) is 0.667. The average molecular weight is 393 g/mol. The number of carbonyl (C=O) groups is 2. The second-order valence-corrected chi connectivity index (χ2v) is 6.30. The Hall–Kier alpha value is -3.74. The van der Waals surface area contributed by atoms with Crippen LogP contribution < -0.4 is 10.1 Å². The molecule has 7 heteroatoms. The van der Waals surface area contributed by atoms with Crippen LogP contribution in [0.1, 0.15) is 16.1 Å². The number of ether oxygens (including phenoxy) is 1. The van der Waals surface area contributed by atoms with Crippen molar-refractivity contribution in [2.24, 2.45) is 0 Å². The summed E-state index contributed by atoms with van der Waals surface area (Å²) < 4.78 is 19.2. The number of rotatable bonds is 7. The van der Waals surface area contributed by atoms with Gasteiger partial charge in [0.25, 0.3) is 11.8 Å². The first-order valence-corrected chi connectivity index (χ1v) is 8.96. The zero-order valence-electron chi connectivity index (χ0n) is 15.8. The second kappa shape index (κ2) is 9.45. The van der Waals surface area contributed by atoms with Crippen molar-refractivity contribution in [2.45, 2.75) is 6.54 Å². The van der Waals surface area contributed by atoms with Gasteiger partial charge in [0.05, 0.1) is 23.5 Å². The van der Waals surface area contributed by atoms with Crippen molar-refractivity contribution in [1.29, 1.82) is 0 Å². The first-order chi connectivity index (χ1) is 14.0. The summed E-state index contributed by atoms with van der Waals surface area (Å²) in [5.41, 5.74) is 1.15. The zero-order valence-corrected chi connectivity index (χ0v) is 15.8. The summed E-state index contributed by atoms with van der Waals surface area (Å²) in [5, 5.41) is 2.44. The summed E-state index contributed by atoms with van der Waals surface area (Å²) in [5.74, 6) is -1.05. The maximum atomic E-state index is 13.6. The van der Waals surface area contributed by atoms with E-state index in [2.05, 4.69) is 10.3 Å². The Balaban J connectivity index is 1.64. The molecule has 2 aromatic carbocycles. The van der Waals surface area contributed by atoms with Crippen LogP contribution >= 0.6 is 0 Å². The van der Waals surface area contributed by atoms with Crippen LogP contribution in [0, 0.1) is 5.82 Å². The average Bonchev–Trinajstić information content (AvgIpc) is 2.74. The molecule has 3 rings (SSSR count). The molecule has 0 atom stereocenters. The highest BCUT2D eigenvalue weighted by Gasteiger charge is 2.18. The van der Waals surface area contributed by atoms with Crippen molar-refractivity contribution in [3.05, 3.63) is 90.0 Å². The maximum absolute atomic E-state index is 13.6. The summed E-state index contributed by atoms with van der Waals surface area (Å²) >= 11 is 0. The maximum Gasteiger partial charge on any atom is 0.262 e. The van der Waals surface area contributed by atoms with E-state index in [1.807, 2.05) is 12.1 Å². The topological polar surface area (TPSA) is 71.5 Å². The van der Waals surface area contributed by atoms with Crippen molar-refractivity contribution in [3.63, 3.8) is 0 Å². The molecule has 0 bridgehead atoms. The number of para-hydroxylation sites is 2. The lowest BCUT2D eigenvalue weighted by molar-refractivity contribution is -0.118. The molecular formula is C22H20FN3O3. The predicted molar refractivity (Wildman–Crippen MR) is 107 cm³/mol. The van der Waals surface area contributed by atoms with E-state index in [1.54, 1.807) is 49.6 Å². The number of halogens is 1. The van der Waals surface area contributed by atoms with Crippen LogP contribution in [-0.2, 0) is 11.3 Å². The molecule has 1 heterocycles. The van der Waals surface area contributed by atoms with E-state index in [0.717, 1.165) is 5.69 Å². The third kappa shape index (κ3) is 5.38. The molecule has 0 radical (unpaired) electrons. The van der Waals surface area contributed by atoms with Gasteiger partial charge in [0.2, 0.25) is 0 Å². The van der Waals surface area contributed by atoms with Gasteiger partial charge >= 0.3 is 0 Å². The molecule has 1 N–H and O–H groups in total. The monoisotopic (exact) mass is 393 g/mol. The van der Waals surface area contributed by atoms with E-state index in [4.69, 9.17) is 4.74 Å². The van der Waals surface area contributed by atoms with Gasteiger partial charge in [0.15, 0.2) is 6.61 Å². The molecule has 2 amide bonds. The van der Waals surface area contributed by atoms with E-state index in [0.29, 0.717) is 12.1 Å². The fourth-order valence-electron chi connectivity index (χ4n) is 2.67. The van der Waals surface area contributed by atoms with E-state index < -0.39 is 11.7 Å². The number of benzene rings is 2. The third-order valence-corrected chi connectivity index (χ3v) is 4.10. The lowest BCUT2D eigenvalue weighted by Gasteiger charge is -2.19. The van der Waals surface area contributed by atoms with Crippen molar-refractivity contribution in [3.8, 4) is 5.75 Å². The van der Waals surface area contributed by atoms with Crippen LogP contribution in [0.15, 0.2) is 72.9 Å². The number of hydrogen-bond donors (Lipinski definition) is 1. The first kappa shape index (κ1) is 20.0. The van der Waals surface area contributed by atoms with Crippen LogP contribution in [0.2, 0.25) is 0 Å². The summed E-state index contributed by atoms with van der Waals surface area (Å²) in [6.07, 6.45) is 1.67. The van der Waals surface area contributed by atoms with Crippen LogP contribution in [-0.4, -0.2) is 35.4 Å². The van der Waals surface area contributed by atoms with E-state index in [9.17, 15) is 14.0 Å². The van der Waals surface area contributed by atoms with Gasteiger partial charge in [-0.05, 0) is 36.4 Å². The molecule has 0 aliphatic heterocycles. The highest BCUT2D eigenvalue weighted by molar-refractivity contribution is 5.97. The van der Waals surface area contributed by atoms with Gasteiger partial charge in [-0.2, -0.15) is 0 Å². The Morgan fingerprint density at radius 3 is 2.52 bits per heavy atom. The summed E-state index contributed by atoms with van der Waals surface area (Å²) in [6.45, 7) is -0.0235. The molecule has 29 heavy (non-hydrogen) atoms. The summed E-state index contributed by atoms with van der Waals surface area (Å²) in [4.78, 5) is 30.6. The molecule has 0 saturated heterocycles. The lowest BCUT2D eigenvalue weighted by Crippen LogP contribution is -2.27. The number of pyridine rings is 1. The van der Waals surface area contributed by atoms with Crippen LogP contribution in [0.5, 0.6) is 5.75 Å². The highest BCUT2D eigenvalue weighted by Crippen LogP contribution is 2.20. The Morgan fingerprint density at radius 1 is 1.03 bits per heavy atom. The van der Waals surface area contributed by atoms with Gasteiger partial charge in [-0.3, -0.25) is 14.6 Å². The van der Waals surface area contributed by atoms with Gasteiger partial charge in [-0.25, -0.2) is 4.39 Å². The number of nitrogens with zero attached hydrogens (tertiary/aromatic N) is 2. The van der Waals surface area contributed by atoms with Crippen LogP contribution in [0.25, 0.3) is 0 Å². The summed E-state index contributed by atoms with van der Waals surface area (Å²) in [7, 11) is 1.67. The molecule has 0 saturated carbocycles. The molecule has 0 aliphatic carbocycles. The first-order valence-electron chi connectivity index (χ1n) is 8.96. The largest absolute Gasteiger partial charge is 0.483 e. The van der Waals surface area contributed by atoms with Crippen molar-refractivity contribution in [2.75, 3.05) is 19.0 Å². The van der Waals surface area contributed by atoms with E-state index in [1.165, 1.54) is 23.1 Å². The lowest BCUT2D eigenvalue weighted by atomic mass is 10.1. The third-order valence-electron chi connectivity index (χ3n) is 4.10. The fourth-order valence-corrected chi connectivity index (χ4v) is 2.67. The molecule has 0 fully saturated rings. The zero-order chi connectivity index (χ0) is 20.6. The molecule has 0 aliphatic rings. The molecule has 3 aromatic rings. The Morgan fingerprint density at radius 2 is 1.76 bits per heavy atom. The Labute approximate surface area is 168 Å². The number of aromatic nitrogens is 1. The molecule has 0 unspecified atom stereocenters. The molecular weight excluding hydrogens is 373 g/mol. The van der Waals surface area contributed by atoms with Crippen molar-refractivity contribution < 1.29 is 18.7 Å². The smallest absolute Gasteiger partial charge is 0.262 e. The molecule has 6 nitrogen and oxygen atoms in total. The fraction of sp³-hybridized carbons (Fsp3) is 0.136. The standard InChI is InChI=1S/C22H20FN3O3/c1-26(14-16-8-6-7-13-24-16)22(28)17-9-2-5-12-20(17)29-15-21(27)25-19-11-4-3-10-18(19)23/h2-13H,14-15H2,1H3,(H,25,27). The minimum atomic E-state index is -0.535. The van der Waals surface area contributed by atoms with Gasteiger partial charge < -0.3 is 15.0 Å². The number of amides is 2. The SMILES string of the molecule is CN(Cc1ccccn1)C(=O)c1ccccc1OCC(=O)Nc1ccccc1F.